The third-order valence-corrected chi connectivity index (χ3v) is 1.61. The van der Waals surface area contributed by atoms with Crippen LogP contribution in [0.3, 0.4) is 0 Å². The highest BCUT2D eigenvalue weighted by atomic mass is 19.4. The number of ether oxygens (including phenoxy) is 1. The first-order chi connectivity index (χ1) is 6.72. The van der Waals surface area contributed by atoms with Crippen LogP contribution in [0.15, 0.2) is 36.1 Å². The Hall–Kier alpha value is -1.23. The van der Waals surface area contributed by atoms with E-state index in [4.69, 9.17) is 5.73 Å². The Labute approximate surface area is 86.9 Å². The zero-order chi connectivity index (χ0) is 12.1. The smallest absolute Gasteiger partial charge is 0.406 e. The summed E-state index contributed by atoms with van der Waals surface area (Å²) in [4.78, 5) is 0. The van der Waals surface area contributed by atoms with Crippen molar-refractivity contribution in [2.45, 2.75) is 26.3 Å². The summed E-state index contributed by atoms with van der Waals surface area (Å²) in [5, 5.41) is 0. The van der Waals surface area contributed by atoms with Gasteiger partial charge in [-0.3, -0.25) is 0 Å². The molecule has 0 heterocycles. The fourth-order valence-corrected chi connectivity index (χ4v) is 0.642. The van der Waals surface area contributed by atoms with E-state index in [1.165, 1.54) is 6.08 Å². The first-order valence-corrected chi connectivity index (χ1v) is 4.27. The molecule has 0 aliphatic rings. The highest BCUT2D eigenvalue weighted by Crippen LogP contribution is 2.20. The van der Waals surface area contributed by atoms with Gasteiger partial charge in [-0.05, 0) is 19.9 Å². The number of allylic oxidation sites excluding steroid dienone is 3. The van der Waals surface area contributed by atoms with E-state index in [1.807, 2.05) is 0 Å². The Morgan fingerprint density at radius 2 is 2.00 bits per heavy atom. The van der Waals surface area contributed by atoms with Crippen LogP contribution in [0.25, 0.3) is 0 Å². The minimum atomic E-state index is -4.69. The molecule has 0 amide bonds. The maximum Gasteiger partial charge on any atom is 0.573 e. The van der Waals surface area contributed by atoms with Gasteiger partial charge in [-0.15, -0.1) is 13.2 Å². The van der Waals surface area contributed by atoms with Gasteiger partial charge in [-0.1, -0.05) is 24.3 Å². The van der Waals surface area contributed by atoms with Gasteiger partial charge in [-0.2, -0.15) is 0 Å². The molecule has 0 bridgehead atoms. The molecule has 15 heavy (non-hydrogen) atoms. The molecule has 0 aliphatic heterocycles. The molecule has 0 aromatic rings. The Bertz CT molecular complexity index is 277. The van der Waals surface area contributed by atoms with Crippen LogP contribution < -0.4 is 5.73 Å². The molecule has 0 spiro atoms. The fraction of sp³-hybridized carbons (Fsp3) is 0.400. The van der Waals surface area contributed by atoms with E-state index in [9.17, 15) is 13.2 Å². The normalized spacial score (nSPS) is 15.5. The lowest BCUT2D eigenvalue weighted by atomic mass is 10.1. The summed E-state index contributed by atoms with van der Waals surface area (Å²) in [5.74, 6) is -0.462. The van der Waals surface area contributed by atoms with Crippen LogP contribution in [0.2, 0.25) is 0 Å². The van der Waals surface area contributed by atoms with Crippen molar-refractivity contribution >= 4 is 0 Å². The van der Waals surface area contributed by atoms with Crippen LogP contribution in [0, 0.1) is 0 Å². The fourth-order valence-electron chi connectivity index (χ4n) is 0.642. The second-order valence-electron chi connectivity index (χ2n) is 3.07. The van der Waals surface area contributed by atoms with E-state index in [0.29, 0.717) is 0 Å². The van der Waals surface area contributed by atoms with Gasteiger partial charge in [0.2, 0.25) is 0 Å². The standard InChI is InChI=1S/C10H14F3NO/c1-7(9(3)14)5-4-6-8(2)15-10(11,12)13/h4-6,9H,2,14H2,1,3H3/b6-4-,7-5+. The van der Waals surface area contributed by atoms with E-state index >= 15 is 0 Å². The Morgan fingerprint density at radius 3 is 2.40 bits per heavy atom. The van der Waals surface area contributed by atoms with Gasteiger partial charge in [0.25, 0.3) is 0 Å². The molecule has 2 nitrogen and oxygen atoms in total. The maximum absolute atomic E-state index is 11.7. The van der Waals surface area contributed by atoms with Crippen molar-refractivity contribution in [3.8, 4) is 0 Å². The maximum atomic E-state index is 11.7. The minimum Gasteiger partial charge on any atom is -0.406 e. The van der Waals surface area contributed by atoms with Gasteiger partial charge in [0.15, 0.2) is 0 Å². The van der Waals surface area contributed by atoms with Crippen LogP contribution in [-0.2, 0) is 4.74 Å². The Kier molecular flexibility index (Phi) is 5.14. The Balaban J connectivity index is 4.20. The summed E-state index contributed by atoms with van der Waals surface area (Å²) in [6.07, 6.45) is -0.553. The zero-order valence-electron chi connectivity index (χ0n) is 8.64. The van der Waals surface area contributed by atoms with Crippen LogP contribution in [-0.4, -0.2) is 12.4 Å². The molecule has 0 aromatic carbocycles. The average molecular weight is 221 g/mol. The average Bonchev–Trinajstić information content (AvgIpc) is 2.00. The third kappa shape index (κ3) is 7.81. The quantitative estimate of drug-likeness (QED) is 0.585. The van der Waals surface area contributed by atoms with Crippen molar-refractivity contribution in [3.05, 3.63) is 36.1 Å². The summed E-state index contributed by atoms with van der Waals surface area (Å²) in [5.41, 5.74) is 6.37. The largest absolute Gasteiger partial charge is 0.573 e. The lowest BCUT2D eigenvalue weighted by Crippen LogP contribution is -2.15. The second kappa shape index (κ2) is 5.60. The summed E-state index contributed by atoms with van der Waals surface area (Å²) in [6, 6.07) is -0.133. The molecule has 0 radical (unpaired) electrons. The van der Waals surface area contributed by atoms with Gasteiger partial charge in [0.1, 0.15) is 5.76 Å². The Morgan fingerprint density at radius 1 is 1.47 bits per heavy atom. The highest BCUT2D eigenvalue weighted by Gasteiger charge is 2.30. The number of nitrogens with two attached hydrogens (primary N) is 1. The van der Waals surface area contributed by atoms with Crippen molar-refractivity contribution in [2.24, 2.45) is 5.73 Å². The molecular formula is C10H14F3NO. The van der Waals surface area contributed by atoms with Gasteiger partial charge < -0.3 is 10.5 Å². The van der Waals surface area contributed by atoms with Crippen LogP contribution >= 0.6 is 0 Å². The third-order valence-electron chi connectivity index (χ3n) is 1.61. The first-order valence-electron chi connectivity index (χ1n) is 4.27. The molecule has 86 valence electrons. The minimum absolute atomic E-state index is 0.133. The monoisotopic (exact) mass is 221 g/mol. The molecule has 5 heteroatoms. The van der Waals surface area contributed by atoms with Gasteiger partial charge >= 0.3 is 6.36 Å². The van der Waals surface area contributed by atoms with Crippen molar-refractivity contribution in [1.29, 1.82) is 0 Å². The van der Waals surface area contributed by atoms with E-state index in [2.05, 4.69) is 11.3 Å². The van der Waals surface area contributed by atoms with Crippen molar-refractivity contribution in [2.75, 3.05) is 0 Å². The predicted molar refractivity (Wildman–Crippen MR) is 52.8 cm³/mol. The number of halogens is 3. The highest BCUT2D eigenvalue weighted by molar-refractivity contribution is 5.19. The number of alkyl halides is 3. The number of hydrogen-bond acceptors (Lipinski definition) is 2. The predicted octanol–water partition coefficient (Wildman–Crippen LogP) is 2.89. The van der Waals surface area contributed by atoms with Crippen LogP contribution in [0.1, 0.15) is 13.8 Å². The van der Waals surface area contributed by atoms with E-state index in [1.54, 1.807) is 19.9 Å². The SMILES string of the molecule is C=C(/C=C\C=C(/C)C(C)N)OC(F)(F)F. The molecule has 1 atom stereocenters. The summed E-state index contributed by atoms with van der Waals surface area (Å²) < 4.78 is 38.5. The molecule has 0 aromatic heterocycles. The zero-order valence-corrected chi connectivity index (χ0v) is 8.64. The van der Waals surface area contributed by atoms with Gasteiger partial charge in [-0.25, -0.2) is 0 Å². The van der Waals surface area contributed by atoms with Gasteiger partial charge in [0, 0.05) is 6.04 Å². The molecule has 0 saturated carbocycles. The summed E-state index contributed by atoms with van der Waals surface area (Å²) in [7, 11) is 0. The molecule has 1 unspecified atom stereocenters. The first kappa shape index (κ1) is 13.8. The summed E-state index contributed by atoms with van der Waals surface area (Å²) >= 11 is 0. The lowest BCUT2D eigenvalue weighted by Gasteiger charge is -2.07. The molecule has 0 fully saturated rings. The molecule has 0 saturated heterocycles. The van der Waals surface area contributed by atoms with Crippen molar-refractivity contribution < 1.29 is 17.9 Å². The van der Waals surface area contributed by atoms with Crippen LogP contribution in [0.4, 0.5) is 13.2 Å². The molecule has 0 aliphatic carbocycles. The van der Waals surface area contributed by atoms with Crippen molar-refractivity contribution in [1.82, 2.24) is 0 Å². The van der Waals surface area contributed by atoms with E-state index in [-0.39, 0.29) is 6.04 Å². The number of hydrogen-bond donors (Lipinski definition) is 1. The van der Waals surface area contributed by atoms with E-state index < -0.39 is 12.1 Å². The van der Waals surface area contributed by atoms with Gasteiger partial charge in [0.05, 0.1) is 0 Å². The molecule has 2 N–H and O–H groups in total. The van der Waals surface area contributed by atoms with E-state index in [0.717, 1.165) is 11.6 Å². The molecule has 0 rings (SSSR count). The van der Waals surface area contributed by atoms with Crippen molar-refractivity contribution in [3.63, 3.8) is 0 Å². The second-order valence-corrected chi connectivity index (χ2v) is 3.07. The molecular weight excluding hydrogens is 207 g/mol. The lowest BCUT2D eigenvalue weighted by molar-refractivity contribution is -0.303. The van der Waals surface area contributed by atoms with Crippen LogP contribution in [0.5, 0.6) is 0 Å². The number of rotatable bonds is 4. The summed E-state index contributed by atoms with van der Waals surface area (Å²) in [6.45, 7) is 6.65. The topological polar surface area (TPSA) is 35.2 Å².